The number of nitrogens with zero attached hydrogens (tertiary/aromatic N) is 2. The lowest BCUT2D eigenvalue weighted by Crippen LogP contribution is -2.48. The molecule has 0 unspecified atom stereocenters. The number of hydrogen-bond donors (Lipinski definition) is 1. The summed E-state index contributed by atoms with van der Waals surface area (Å²) in [4.78, 5) is 37.9. The monoisotopic (exact) mass is 397 g/mol. The van der Waals surface area contributed by atoms with Crippen molar-refractivity contribution in [2.75, 3.05) is 6.54 Å². The van der Waals surface area contributed by atoms with E-state index in [9.17, 15) is 19.7 Å². The smallest absolute Gasteiger partial charge is 0.273 e. The minimum Gasteiger partial charge on any atom is -0.354 e. The maximum atomic E-state index is 13.1. The molecule has 7 nitrogen and oxygen atoms in total. The molecule has 0 saturated carbocycles. The summed E-state index contributed by atoms with van der Waals surface area (Å²) in [6.07, 6.45) is 0.648. The third-order valence-electron chi connectivity index (χ3n) is 4.72. The standard InChI is InChI=1S/C22H27N3O4/c1-4-13-23-22(27)17(3)24(15-18-11-9-16(2)10-12-18)21(26)14-19-7-5-6-8-20(19)25(28)29/h5-12,17H,4,13-15H2,1-3H3,(H,23,27)/t17-/m1/s1. The average Bonchev–Trinajstić information content (AvgIpc) is 2.71. The normalized spacial score (nSPS) is 11.6. The van der Waals surface area contributed by atoms with Crippen LogP contribution in [-0.4, -0.2) is 34.2 Å². The van der Waals surface area contributed by atoms with Crippen molar-refractivity contribution in [3.63, 3.8) is 0 Å². The zero-order valence-electron chi connectivity index (χ0n) is 17.1. The number of nitro groups is 1. The highest BCUT2D eigenvalue weighted by atomic mass is 16.6. The lowest BCUT2D eigenvalue weighted by atomic mass is 10.1. The maximum absolute atomic E-state index is 13.1. The molecule has 0 bridgehead atoms. The van der Waals surface area contributed by atoms with Gasteiger partial charge in [-0.25, -0.2) is 0 Å². The summed E-state index contributed by atoms with van der Waals surface area (Å²) in [5, 5.41) is 14.1. The van der Waals surface area contributed by atoms with Crippen LogP contribution in [0.2, 0.25) is 0 Å². The van der Waals surface area contributed by atoms with E-state index in [2.05, 4.69) is 5.32 Å². The van der Waals surface area contributed by atoms with E-state index < -0.39 is 11.0 Å². The molecule has 1 atom stereocenters. The molecule has 2 aromatic carbocycles. The topological polar surface area (TPSA) is 92.6 Å². The zero-order valence-corrected chi connectivity index (χ0v) is 17.1. The largest absolute Gasteiger partial charge is 0.354 e. The molecule has 0 radical (unpaired) electrons. The molecule has 29 heavy (non-hydrogen) atoms. The van der Waals surface area contributed by atoms with Gasteiger partial charge < -0.3 is 10.2 Å². The van der Waals surface area contributed by atoms with Crippen LogP contribution in [0.1, 0.15) is 37.0 Å². The first-order chi connectivity index (χ1) is 13.8. The lowest BCUT2D eigenvalue weighted by Gasteiger charge is -2.29. The van der Waals surface area contributed by atoms with Crippen molar-refractivity contribution < 1.29 is 14.5 Å². The third kappa shape index (κ3) is 6.14. The van der Waals surface area contributed by atoms with Crippen LogP contribution in [0.4, 0.5) is 5.69 Å². The van der Waals surface area contributed by atoms with Crippen molar-refractivity contribution in [3.8, 4) is 0 Å². The van der Waals surface area contributed by atoms with Gasteiger partial charge in [-0.2, -0.15) is 0 Å². The van der Waals surface area contributed by atoms with Crippen LogP contribution in [0.5, 0.6) is 0 Å². The Morgan fingerprint density at radius 2 is 1.79 bits per heavy atom. The van der Waals surface area contributed by atoms with Crippen LogP contribution in [-0.2, 0) is 22.6 Å². The fraction of sp³-hybridized carbons (Fsp3) is 0.364. The van der Waals surface area contributed by atoms with Crippen molar-refractivity contribution in [2.45, 2.75) is 46.2 Å². The molecule has 2 rings (SSSR count). The van der Waals surface area contributed by atoms with Gasteiger partial charge in [0.1, 0.15) is 6.04 Å². The van der Waals surface area contributed by atoms with E-state index in [0.717, 1.165) is 17.5 Å². The number of hydrogen-bond acceptors (Lipinski definition) is 4. The Kier molecular flexibility index (Phi) is 7.88. The van der Waals surface area contributed by atoms with Crippen molar-refractivity contribution in [1.82, 2.24) is 10.2 Å². The summed E-state index contributed by atoms with van der Waals surface area (Å²) < 4.78 is 0. The van der Waals surface area contributed by atoms with Crippen LogP contribution in [0.3, 0.4) is 0 Å². The number of carbonyl (C=O) groups excluding carboxylic acids is 2. The second kappa shape index (κ2) is 10.4. The molecule has 154 valence electrons. The fourth-order valence-corrected chi connectivity index (χ4v) is 2.97. The summed E-state index contributed by atoms with van der Waals surface area (Å²) in [5.74, 6) is -0.575. The van der Waals surface area contributed by atoms with Crippen molar-refractivity contribution in [3.05, 3.63) is 75.3 Å². The molecular weight excluding hydrogens is 370 g/mol. The molecule has 0 aliphatic carbocycles. The van der Waals surface area contributed by atoms with E-state index in [4.69, 9.17) is 0 Å². The third-order valence-corrected chi connectivity index (χ3v) is 4.72. The second-order valence-electron chi connectivity index (χ2n) is 7.04. The zero-order chi connectivity index (χ0) is 21.4. The number of rotatable bonds is 9. The second-order valence-corrected chi connectivity index (χ2v) is 7.04. The number of nitrogens with one attached hydrogen (secondary N) is 1. The van der Waals surface area contributed by atoms with Gasteiger partial charge in [0.05, 0.1) is 11.3 Å². The molecule has 0 aliphatic heterocycles. The Morgan fingerprint density at radius 3 is 2.41 bits per heavy atom. The maximum Gasteiger partial charge on any atom is 0.273 e. The van der Waals surface area contributed by atoms with Gasteiger partial charge in [-0.1, -0.05) is 55.0 Å². The molecular formula is C22H27N3O4. The molecule has 0 saturated heterocycles. The first-order valence-corrected chi connectivity index (χ1v) is 9.68. The van der Waals surface area contributed by atoms with Crippen molar-refractivity contribution in [2.24, 2.45) is 0 Å². The van der Waals surface area contributed by atoms with Gasteiger partial charge in [0.25, 0.3) is 5.69 Å². The highest BCUT2D eigenvalue weighted by Gasteiger charge is 2.27. The van der Waals surface area contributed by atoms with Crippen molar-refractivity contribution >= 4 is 17.5 Å². The first-order valence-electron chi connectivity index (χ1n) is 9.68. The first kappa shape index (κ1) is 22.1. The predicted octanol–water partition coefficient (Wildman–Crippen LogP) is 3.39. The number of para-hydroxylation sites is 1. The molecule has 1 N–H and O–H groups in total. The van der Waals surface area contributed by atoms with Gasteiger partial charge in [0, 0.05) is 24.7 Å². The Hall–Kier alpha value is -3.22. The number of benzene rings is 2. The van der Waals surface area contributed by atoms with E-state index in [1.54, 1.807) is 25.1 Å². The van der Waals surface area contributed by atoms with Crippen LogP contribution in [0, 0.1) is 17.0 Å². The van der Waals surface area contributed by atoms with Crippen LogP contribution < -0.4 is 5.32 Å². The number of nitro benzene ring substituents is 1. The molecule has 0 aliphatic rings. The predicted molar refractivity (Wildman–Crippen MR) is 111 cm³/mol. The van der Waals surface area contributed by atoms with Crippen molar-refractivity contribution in [1.29, 1.82) is 0 Å². The molecule has 0 heterocycles. The summed E-state index contributed by atoms with van der Waals surface area (Å²) >= 11 is 0. The lowest BCUT2D eigenvalue weighted by molar-refractivity contribution is -0.385. The molecule has 0 aromatic heterocycles. The molecule has 0 fully saturated rings. The van der Waals surface area contributed by atoms with E-state index in [1.165, 1.54) is 11.0 Å². The van der Waals surface area contributed by atoms with E-state index in [0.29, 0.717) is 12.1 Å². The minimum atomic E-state index is -0.696. The van der Waals surface area contributed by atoms with E-state index in [1.807, 2.05) is 38.1 Å². The van der Waals surface area contributed by atoms with Gasteiger partial charge in [-0.15, -0.1) is 0 Å². The quantitative estimate of drug-likeness (QED) is 0.518. The van der Waals surface area contributed by atoms with Gasteiger partial charge in [0.2, 0.25) is 11.8 Å². The van der Waals surface area contributed by atoms with E-state index >= 15 is 0 Å². The summed E-state index contributed by atoms with van der Waals surface area (Å²) in [6, 6.07) is 13.2. The highest BCUT2D eigenvalue weighted by Crippen LogP contribution is 2.20. The molecule has 2 aromatic rings. The number of amides is 2. The van der Waals surface area contributed by atoms with Crippen LogP contribution in [0.25, 0.3) is 0 Å². The molecule has 7 heteroatoms. The number of carbonyl (C=O) groups is 2. The number of aryl methyl sites for hydroxylation is 1. The Morgan fingerprint density at radius 1 is 1.14 bits per heavy atom. The van der Waals surface area contributed by atoms with Gasteiger partial charge >= 0.3 is 0 Å². The summed E-state index contributed by atoms with van der Waals surface area (Å²) in [6.45, 7) is 6.38. The Balaban J connectivity index is 2.27. The Bertz CT molecular complexity index is 865. The molecule has 2 amide bonds. The van der Waals surface area contributed by atoms with Gasteiger partial charge in [-0.3, -0.25) is 19.7 Å². The molecule has 0 spiro atoms. The van der Waals surface area contributed by atoms with Gasteiger partial charge in [-0.05, 0) is 25.8 Å². The van der Waals surface area contributed by atoms with E-state index in [-0.39, 0.29) is 30.5 Å². The van der Waals surface area contributed by atoms with Crippen LogP contribution in [0.15, 0.2) is 48.5 Å². The van der Waals surface area contributed by atoms with Crippen LogP contribution >= 0.6 is 0 Å². The Labute approximate surface area is 170 Å². The highest BCUT2D eigenvalue weighted by molar-refractivity contribution is 5.88. The fourth-order valence-electron chi connectivity index (χ4n) is 2.97. The minimum absolute atomic E-state index is 0.0979. The average molecular weight is 397 g/mol. The summed E-state index contributed by atoms with van der Waals surface area (Å²) in [7, 11) is 0. The SMILES string of the molecule is CCCNC(=O)[C@@H](C)N(Cc1ccc(C)cc1)C(=O)Cc1ccccc1[N+](=O)[O-]. The summed E-state index contributed by atoms with van der Waals surface area (Å²) in [5.41, 5.74) is 2.22. The van der Waals surface area contributed by atoms with Gasteiger partial charge in [0.15, 0.2) is 0 Å².